The standard InChI is InChI=1S/C16H18BrNOS/c1-16(2)9-12(7-8-19-16)15-18-14(10-20-15)11-3-5-13(17)6-4-11/h3-6,10,12H,7-9H2,1-2H3. The van der Waals surface area contributed by atoms with Crippen LogP contribution in [0.1, 0.15) is 37.6 Å². The topological polar surface area (TPSA) is 22.1 Å². The second-order valence-corrected chi connectivity index (χ2v) is 7.68. The lowest BCUT2D eigenvalue weighted by atomic mass is 9.89. The van der Waals surface area contributed by atoms with E-state index in [-0.39, 0.29) is 5.60 Å². The van der Waals surface area contributed by atoms with E-state index in [0.717, 1.165) is 29.6 Å². The largest absolute Gasteiger partial charge is 0.376 e. The predicted octanol–water partition coefficient (Wildman–Crippen LogP) is 5.25. The fourth-order valence-corrected chi connectivity index (χ4v) is 3.90. The van der Waals surface area contributed by atoms with E-state index in [1.165, 1.54) is 10.6 Å². The van der Waals surface area contributed by atoms with Gasteiger partial charge in [0.25, 0.3) is 0 Å². The monoisotopic (exact) mass is 351 g/mol. The van der Waals surface area contributed by atoms with Crippen molar-refractivity contribution in [3.8, 4) is 11.3 Å². The fourth-order valence-electron chi connectivity index (χ4n) is 2.67. The van der Waals surface area contributed by atoms with Crippen molar-refractivity contribution < 1.29 is 4.74 Å². The summed E-state index contributed by atoms with van der Waals surface area (Å²) in [5, 5.41) is 3.42. The Morgan fingerprint density at radius 1 is 1.30 bits per heavy atom. The van der Waals surface area contributed by atoms with Crippen LogP contribution in [0.25, 0.3) is 11.3 Å². The first-order valence-corrected chi connectivity index (χ1v) is 8.56. The highest BCUT2D eigenvalue weighted by molar-refractivity contribution is 9.10. The summed E-state index contributed by atoms with van der Waals surface area (Å²) in [6.45, 7) is 5.18. The molecule has 1 aromatic carbocycles. The molecule has 1 fully saturated rings. The van der Waals surface area contributed by atoms with Gasteiger partial charge >= 0.3 is 0 Å². The van der Waals surface area contributed by atoms with Crippen LogP contribution in [0.4, 0.5) is 0 Å². The Bertz CT molecular complexity index is 591. The van der Waals surface area contributed by atoms with Gasteiger partial charge in [0.15, 0.2) is 0 Å². The van der Waals surface area contributed by atoms with Crippen molar-refractivity contribution in [2.24, 2.45) is 0 Å². The number of nitrogens with zero attached hydrogens (tertiary/aromatic N) is 1. The van der Waals surface area contributed by atoms with Gasteiger partial charge in [0.1, 0.15) is 0 Å². The molecule has 0 bridgehead atoms. The maximum atomic E-state index is 5.79. The molecular weight excluding hydrogens is 334 g/mol. The fraction of sp³-hybridized carbons (Fsp3) is 0.438. The Morgan fingerprint density at radius 3 is 2.75 bits per heavy atom. The molecule has 0 saturated carbocycles. The molecule has 1 aromatic heterocycles. The van der Waals surface area contributed by atoms with Gasteiger partial charge in [0.2, 0.25) is 0 Å². The Hall–Kier alpha value is -0.710. The number of hydrogen-bond donors (Lipinski definition) is 0. The van der Waals surface area contributed by atoms with Crippen LogP contribution in [0, 0.1) is 0 Å². The lowest BCUT2D eigenvalue weighted by molar-refractivity contribution is -0.0593. The van der Waals surface area contributed by atoms with Gasteiger partial charge in [-0.15, -0.1) is 11.3 Å². The van der Waals surface area contributed by atoms with Gasteiger partial charge in [0.05, 0.1) is 16.3 Å². The lowest BCUT2D eigenvalue weighted by Crippen LogP contribution is -2.32. The van der Waals surface area contributed by atoms with Gasteiger partial charge in [-0.3, -0.25) is 0 Å². The first-order chi connectivity index (χ1) is 9.53. The number of aromatic nitrogens is 1. The minimum Gasteiger partial charge on any atom is -0.376 e. The van der Waals surface area contributed by atoms with Crippen LogP contribution < -0.4 is 0 Å². The molecular formula is C16H18BrNOS. The average Bonchev–Trinajstić information content (AvgIpc) is 2.88. The van der Waals surface area contributed by atoms with Crippen molar-refractivity contribution in [1.82, 2.24) is 4.98 Å². The normalized spacial score (nSPS) is 21.9. The molecule has 1 atom stereocenters. The summed E-state index contributed by atoms with van der Waals surface area (Å²) in [7, 11) is 0. The Labute approximate surface area is 132 Å². The maximum Gasteiger partial charge on any atom is 0.0965 e. The number of halogens is 1. The second-order valence-electron chi connectivity index (χ2n) is 5.88. The summed E-state index contributed by atoms with van der Waals surface area (Å²) in [6, 6.07) is 8.34. The molecule has 2 aromatic rings. The minimum absolute atomic E-state index is 0.0215. The number of thiazole rings is 1. The van der Waals surface area contributed by atoms with Crippen molar-refractivity contribution in [3.05, 3.63) is 39.1 Å². The molecule has 106 valence electrons. The lowest BCUT2D eigenvalue weighted by Gasteiger charge is -2.34. The van der Waals surface area contributed by atoms with E-state index in [2.05, 4.69) is 59.4 Å². The van der Waals surface area contributed by atoms with E-state index >= 15 is 0 Å². The van der Waals surface area contributed by atoms with Crippen LogP contribution in [-0.4, -0.2) is 17.2 Å². The van der Waals surface area contributed by atoms with Crippen molar-refractivity contribution in [3.63, 3.8) is 0 Å². The molecule has 3 rings (SSSR count). The molecule has 2 heterocycles. The van der Waals surface area contributed by atoms with Gasteiger partial charge in [-0.1, -0.05) is 28.1 Å². The molecule has 0 radical (unpaired) electrons. The second kappa shape index (κ2) is 5.58. The zero-order valence-corrected chi connectivity index (χ0v) is 14.1. The van der Waals surface area contributed by atoms with Crippen molar-refractivity contribution >= 4 is 27.3 Å². The SMILES string of the molecule is CC1(C)CC(c2nc(-c3ccc(Br)cc3)cs2)CCO1. The summed E-state index contributed by atoms with van der Waals surface area (Å²) in [5.41, 5.74) is 2.25. The van der Waals surface area contributed by atoms with Gasteiger partial charge in [-0.2, -0.15) is 0 Å². The van der Waals surface area contributed by atoms with Crippen LogP contribution in [0.2, 0.25) is 0 Å². The summed E-state index contributed by atoms with van der Waals surface area (Å²) < 4.78 is 6.89. The molecule has 2 nitrogen and oxygen atoms in total. The first-order valence-electron chi connectivity index (χ1n) is 6.89. The van der Waals surface area contributed by atoms with Gasteiger partial charge in [-0.25, -0.2) is 4.98 Å². The summed E-state index contributed by atoms with van der Waals surface area (Å²) in [4.78, 5) is 4.85. The highest BCUT2D eigenvalue weighted by Crippen LogP contribution is 2.38. The zero-order valence-electron chi connectivity index (χ0n) is 11.7. The van der Waals surface area contributed by atoms with Crippen LogP contribution in [0.5, 0.6) is 0 Å². The Morgan fingerprint density at radius 2 is 2.05 bits per heavy atom. The van der Waals surface area contributed by atoms with E-state index in [0.29, 0.717) is 5.92 Å². The van der Waals surface area contributed by atoms with E-state index < -0.39 is 0 Å². The molecule has 4 heteroatoms. The first kappa shape index (κ1) is 14.2. The third-order valence-electron chi connectivity index (χ3n) is 3.71. The highest BCUT2D eigenvalue weighted by atomic mass is 79.9. The van der Waals surface area contributed by atoms with Crippen LogP contribution >= 0.6 is 27.3 Å². The van der Waals surface area contributed by atoms with Crippen molar-refractivity contribution in [1.29, 1.82) is 0 Å². The molecule has 1 aliphatic heterocycles. The summed E-state index contributed by atoms with van der Waals surface area (Å²) >= 11 is 5.24. The minimum atomic E-state index is -0.0215. The van der Waals surface area contributed by atoms with Crippen molar-refractivity contribution in [2.45, 2.75) is 38.2 Å². The molecule has 1 saturated heterocycles. The number of hydrogen-bond acceptors (Lipinski definition) is 3. The summed E-state index contributed by atoms with van der Waals surface area (Å²) in [6.07, 6.45) is 2.14. The molecule has 1 unspecified atom stereocenters. The summed E-state index contributed by atoms with van der Waals surface area (Å²) in [5.74, 6) is 0.535. The zero-order chi connectivity index (χ0) is 14.2. The van der Waals surface area contributed by atoms with E-state index in [4.69, 9.17) is 9.72 Å². The highest BCUT2D eigenvalue weighted by Gasteiger charge is 2.31. The molecule has 1 aliphatic rings. The van der Waals surface area contributed by atoms with Crippen LogP contribution in [0.15, 0.2) is 34.1 Å². The quantitative estimate of drug-likeness (QED) is 0.737. The predicted molar refractivity (Wildman–Crippen MR) is 87.3 cm³/mol. The molecule has 0 aliphatic carbocycles. The van der Waals surface area contributed by atoms with E-state index in [1.54, 1.807) is 11.3 Å². The van der Waals surface area contributed by atoms with Gasteiger partial charge in [0, 0.05) is 27.9 Å². The maximum absolute atomic E-state index is 5.79. The molecule has 0 N–H and O–H groups in total. The van der Waals surface area contributed by atoms with Crippen LogP contribution in [0.3, 0.4) is 0 Å². The van der Waals surface area contributed by atoms with E-state index in [1.807, 2.05) is 0 Å². The Balaban J connectivity index is 1.81. The smallest absolute Gasteiger partial charge is 0.0965 e. The van der Waals surface area contributed by atoms with Crippen LogP contribution in [-0.2, 0) is 4.74 Å². The molecule has 0 amide bonds. The number of benzene rings is 1. The third kappa shape index (κ3) is 3.13. The van der Waals surface area contributed by atoms with Gasteiger partial charge in [-0.05, 0) is 38.8 Å². The van der Waals surface area contributed by atoms with Crippen molar-refractivity contribution in [2.75, 3.05) is 6.61 Å². The van der Waals surface area contributed by atoms with Gasteiger partial charge < -0.3 is 4.74 Å². The average molecular weight is 352 g/mol. The molecule has 0 spiro atoms. The Kier molecular flexibility index (Phi) is 3.98. The number of ether oxygens (including phenoxy) is 1. The van der Waals surface area contributed by atoms with E-state index in [9.17, 15) is 0 Å². The molecule has 20 heavy (non-hydrogen) atoms. The third-order valence-corrected chi connectivity index (χ3v) is 5.24. The number of rotatable bonds is 2.